The first-order valence-electron chi connectivity index (χ1n) is 11.1. The highest BCUT2D eigenvalue weighted by Gasteiger charge is 2.59. The van der Waals surface area contributed by atoms with Crippen LogP contribution in [-0.2, 0) is 16.2 Å². The molecule has 2 bridgehead atoms. The summed E-state index contributed by atoms with van der Waals surface area (Å²) in [6.45, 7) is 0.178. The number of hydrogen-bond donors (Lipinski definition) is 0. The maximum atomic E-state index is 13.6. The molecule has 0 N–H and O–H groups in total. The van der Waals surface area contributed by atoms with Gasteiger partial charge in [0.05, 0.1) is 18.1 Å². The van der Waals surface area contributed by atoms with E-state index in [2.05, 4.69) is 17.3 Å². The summed E-state index contributed by atoms with van der Waals surface area (Å²) in [4.78, 5) is 26.0. The number of nitrogens with zero attached hydrogens (tertiary/aromatic N) is 2. The Bertz CT molecular complexity index is 1320. The fraction of sp³-hybridized carbons (Fsp3) is 0.222. The molecule has 164 valence electrons. The van der Waals surface area contributed by atoms with Crippen molar-refractivity contribution >= 4 is 28.8 Å². The molecule has 1 heterocycles. The first-order valence-corrected chi connectivity index (χ1v) is 11.1. The molecule has 5 nitrogen and oxygen atoms in total. The van der Waals surface area contributed by atoms with Crippen molar-refractivity contribution in [3.63, 3.8) is 0 Å². The van der Waals surface area contributed by atoms with Crippen molar-refractivity contribution in [3.05, 3.63) is 89.8 Å². The minimum atomic E-state index is -0.323. The number of fused-ring (bicyclic) bond motifs is 6. The molecular weight excluding hydrogens is 419 g/mol. The monoisotopic (exact) mass is 440 g/mol. The predicted octanol–water partition coefficient (Wildman–Crippen LogP) is 4.70. The molecule has 0 aromatic heterocycles. The van der Waals surface area contributed by atoms with Gasteiger partial charge >= 0.3 is 0 Å². The number of allylic oxidation sites excluding steroid dienone is 2. The van der Waals surface area contributed by atoms with Crippen LogP contribution in [0.3, 0.4) is 0 Å². The normalized spacial score (nSPS) is 25.5. The summed E-state index contributed by atoms with van der Waals surface area (Å²) in [7, 11) is 0. The highest BCUT2D eigenvalue weighted by Crippen LogP contribution is 2.52. The van der Waals surface area contributed by atoms with Crippen LogP contribution < -0.4 is 4.74 Å². The Morgan fingerprint density at radius 3 is 2.48 bits per heavy atom. The maximum absolute atomic E-state index is 13.6. The van der Waals surface area contributed by atoms with Gasteiger partial charge in [-0.1, -0.05) is 54.6 Å². The van der Waals surface area contributed by atoms with E-state index in [0.29, 0.717) is 16.9 Å². The summed E-state index contributed by atoms with van der Waals surface area (Å²) >= 11 is 0. The lowest BCUT2D eigenvalue weighted by molar-refractivity contribution is -0.140. The standard InChI is InChI=1S/C27H21FN2O3/c28-20-6-3-4-16(12-20)15-33-23-11-10-17-5-1-2-7-21(17)22(23)14-29-30-26(31)24-18-8-9-19(13-18)25(24)27(30)32/h1-12,14,18-19,24-25H,13,15H2. The molecule has 4 atom stereocenters. The highest BCUT2D eigenvalue weighted by atomic mass is 19.1. The number of carbonyl (C=O) groups excluding carboxylic acids is 2. The van der Waals surface area contributed by atoms with Gasteiger partial charge in [-0.2, -0.15) is 10.1 Å². The van der Waals surface area contributed by atoms with Gasteiger partial charge in [0.1, 0.15) is 18.2 Å². The van der Waals surface area contributed by atoms with Gasteiger partial charge in [0.15, 0.2) is 0 Å². The Morgan fingerprint density at radius 2 is 1.73 bits per heavy atom. The third kappa shape index (κ3) is 3.25. The average Bonchev–Trinajstić information content (AvgIpc) is 3.51. The summed E-state index contributed by atoms with van der Waals surface area (Å²) in [6.07, 6.45) is 6.54. The molecule has 1 saturated heterocycles. The van der Waals surface area contributed by atoms with Gasteiger partial charge in [0, 0.05) is 5.56 Å². The predicted molar refractivity (Wildman–Crippen MR) is 122 cm³/mol. The molecule has 0 radical (unpaired) electrons. The molecule has 2 fully saturated rings. The van der Waals surface area contributed by atoms with E-state index in [9.17, 15) is 14.0 Å². The first-order chi connectivity index (χ1) is 16.1. The Balaban J connectivity index is 1.33. The van der Waals surface area contributed by atoms with Crippen LogP contribution in [0.25, 0.3) is 10.8 Å². The van der Waals surface area contributed by atoms with Gasteiger partial charge in [-0.15, -0.1) is 0 Å². The van der Waals surface area contributed by atoms with Crippen molar-refractivity contribution in [1.82, 2.24) is 5.01 Å². The second kappa shape index (κ2) is 7.66. The van der Waals surface area contributed by atoms with Crippen LogP contribution in [0.1, 0.15) is 17.5 Å². The number of rotatable bonds is 5. The van der Waals surface area contributed by atoms with Crippen LogP contribution in [0.5, 0.6) is 5.75 Å². The van der Waals surface area contributed by atoms with E-state index in [0.717, 1.165) is 22.2 Å². The Morgan fingerprint density at radius 1 is 0.970 bits per heavy atom. The lowest BCUT2D eigenvalue weighted by Gasteiger charge is -2.14. The third-order valence-corrected chi connectivity index (χ3v) is 6.96. The van der Waals surface area contributed by atoms with E-state index < -0.39 is 0 Å². The second-order valence-electron chi connectivity index (χ2n) is 8.85. The van der Waals surface area contributed by atoms with Gasteiger partial charge in [0.25, 0.3) is 11.8 Å². The van der Waals surface area contributed by atoms with Crippen LogP contribution in [0.4, 0.5) is 4.39 Å². The summed E-state index contributed by atoms with van der Waals surface area (Å²) in [5, 5.41) is 7.27. The van der Waals surface area contributed by atoms with Gasteiger partial charge < -0.3 is 4.74 Å². The summed E-state index contributed by atoms with van der Waals surface area (Å²) < 4.78 is 19.6. The molecule has 3 aromatic carbocycles. The first kappa shape index (κ1) is 19.9. The zero-order valence-electron chi connectivity index (χ0n) is 17.7. The Hall–Kier alpha value is -3.80. The number of amides is 2. The largest absolute Gasteiger partial charge is 0.488 e. The van der Waals surface area contributed by atoms with E-state index >= 15 is 0 Å². The smallest absolute Gasteiger partial charge is 0.254 e. The van der Waals surface area contributed by atoms with Crippen LogP contribution >= 0.6 is 0 Å². The maximum Gasteiger partial charge on any atom is 0.254 e. The van der Waals surface area contributed by atoms with Gasteiger partial charge in [-0.25, -0.2) is 4.39 Å². The minimum absolute atomic E-state index is 0.138. The quantitative estimate of drug-likeness (QED) is 0.328. The molecule has 4 unspecified atom stereocenters. The summed E-state index contributed by atoms with van der Waals surface area (Å²) in [5.41, 5.74) is 1.37. The molecular formula is C27H21FN2O3. The average molecular weight is 440 g/mol. The van der Waals surface area contributed by atoms with Crippen molar-refractivity contribution in [2.24, 2.45) is 28.8 Å². The fourth-order valence-electron chi connectivity index (χ4n) is 5.44. The molecule has 0 spiro atoms. The van der Waals surface area contributed by atoms with E-state index in [1.54, 1.807) is 12.1 Å². The van der Waals surface area contributed by atoms with Crippen LogP contribution in [0, 0.1) is 29.5 Å². The second-order valence-corrected chi connectivity index (χ2v) is 8.85. The van der Waals surface area contributed by atoms with Gasteiger partial charge in [-0.05, 0) is 52.8 Å². The minimum Gasteiger partial charge on any atom is -0.488 e. The molecule has 2 amide bonds. The molecule has 3 aliphatic rings. The molecule has 6 heteroatoms. The number of carbonyl (C=O) groups is 2. The number of benzene rings is 3. The zero-order valence-corrected chi connectivity index (χ0v) is 17.7. The van der Waals surface area contributed by atoms with Crippen molar-refractivity contribution in [3.8, 4) is 5.75 Å². The lowest BCUT2D eigenvalue weighted by Crippen LogP contribution is -2.28. The number of halogens is 1. The number of hydrazone groups is 1. The Labute approximate surface area is 190 Å². The van der Waals surface area contributed by atoms with Gasteiger partial charge in [0.2, 0.25) is 0 Å². The van der Waals surface area contributed by atoms with E-state index in [1.165, 1.54) is 18.3 Å². The number of imide groups is 1. The van der Waals surface area contributed by atoms with Crippen molar-refractivity contribution in [2.45, 2.75) is 13.0 Å². The van der Waals surface area contributed by atoms with Crippen LogP contribution in [0.2, 0.25) is 0 Å². The molecule has 33 heavy (non-hydrogen) atoms. The molecule has 3 aromatic rings. The summed E-state index contributed by atoms with van der Waals surface area (Å²) in [5.74, 6) is -0.527. The van der Waals surface area contributed by atoms with Crippen molar-refractivity contribution < 1.29 is 18.7 Å². The zero-order chi connectivity index (χ0) is 22.5. The van der Waals surface area contributed by atoms with Crippen molar-refractivity contribution in [2.75, 3.05) is 0 Å². The third-order valence-electron chi connectivity index (χ3n) is 6.96. The lowest BCUT2D eigenvalue weighted by atomic mass is 9.85. The topological polar surface area (TPSA) is 59.0 Å². The molecule has 6 rings (SSSR count). The van der Waals surface area contributed by atoms with Gasteiger partial charge in [-0.3, -0.25) is 9.59 Å². The molecule has 1 aliphatic heterocycles. The van der Waals surface area contributed by atoms with Crippen LogP contribution in [-0.4, -0.2) is 23.0 Å². The number of ether oxygens (including phenoxy) is 1. The molecule has 1 saturated carbocycles. The highest BCUT2D eigenvalue weighted by molar-refractivity contribution is 6.08. The van der Waals surface area contributed by atoms with E-state index in [-0.39, 0.29) is 47.9 Å². The molecule has 2 aliphatic carbocycles. The fourth-order valence-corrected chi connectivity index (χ4v) is 5.44. The SMILES string of the molecule is O=C1C2C3C=CC(C3)C2C(=O)N1N=Cc1c(OCc2cccc(F)c2)ccc2ccccc12. The summed E-state index contributed by atoms with van der Waals surface area (Å²) in [6, 6.07) is 17.8. The van der Waals surface area contributed by atoms with E-state index in [1.807, 2.05) is 36.4 Å². The van der Waals surface area contributed by atoms with E-state index in [4.69, 9.17) is 4.74 Å². The number of hydrogen-bond acceptors (Lipinski definition) is 4. The van der Waals surface area contributed by atoms with Crippen LogP contribution in [0.15, 0.2) is 77.9 Å². The van der Waals surface area contributed by atoms with Crippen molar-refractivity contribution in [1.29, 1.82) is 0 Å². The Kier molecular flexibility index (Phi) is 4.61.